The van der Waals surface area contributed by atoms with Gasteiger partial charge in [0.1, 0.15) is 5.41 Å². The van der Waals surface area contributed by atoms with E-state index in [1.165, 1.54) is 12.8 Å². The van der Waals surface area contributed by atoms with E-state index in [0.29, 0.717) is 17.1 Å². The molecule has 4 nitrogen and oxygen atoms in total. The third-order valence-corrected chi connectivity index (χ3v) is 5.43. The van der Waals surface area contributed by atoms with Crippen LogP contribution in [0.1, 0.15) is 65.2 Å². The third kappa shape index (κ3) is 2.98. The predicted octanol–water partition coefficient (Wildman–Crippen LogP) is 2.52. The summed E-state index contributed by atoms with van der Waals surface area (Å²) < 4.78 is 0. The Morgan fingerprint density at radius 3 is 2.20 bits per heavy atom. The molecule has 2 unspecified atom stereocenters. The van der Waals surface area contributed by atoms with Gasteiger partial charge in [0.05, 0.1) is 4.99 Å². The van der Waals surface area contributed by atoms with Gasteiger partial charge >= 0.3 is 0 Å². The van der Waals surface area contributed by atoms with Crippen molar-refractivity contribution in [2.45, 2.75) is 77.3 Å². The van der Waals surface area contributed by atoms with Gasteiger partial charge in [-0.05, 0) is 39.5 Å². The first-order chi connectivity index (χ1) is 9.47. The van der Waals surface area contributed by atoms with Crippen molar-refractivity contribution in [3.8, 4) is 0 Å². The molecular formula is C15H27N3OS. The average Bonchev–Trinajstić information content (AvgIpc) is 2.43. The molecule has 114 valence electrons. The van der Waals surface area contributed by atoms with Gasteiger partial charge < -0.3 is 5.73 Å². The van der Waals surface area contributed by atoms with Crippen LogP contribution in [0.4, 0.5) is 0 Å². The van der Waals surface area contributed by atoms with Gasteiger partial charge in [-0.1, -0.05) is 37.9 Å². The third-order valence-electron chi connectivity index (χ3n) is 5.04. The summed E-state index contributed by atoms with van der Waals surface area (Å²) in [6.45, 7) is 4.34. The highest BCUT2D eigenvalue weighted by atomic mass is 32.1. The van der Waals surface area contributed by atoms with E-state index in [1.807, 2.05) is 0 Å². The number of piperidine rings is 1. The van der Waals surface area contributed by atoms with Gasteiger partial charge in [0.15, 0.2) is 0 Å². The van der Waals surface area contributed by atoms with Crippen molar-refractivity contribution in [2.75, 3.05) is 0 Å². The summed E-state index contributed by atoms with van der Waals surface area (Å²) >= 11 is 5.23. The fraction of sp³-hybridized carbons (Fsp3) is 0.867. The van der Waals surface area contributed by atoms with E-state index in [4.69, 9.17) is 18.0 Å². The van der Waals surface area contributed by atoms with E-state index in [-0.39, 0.29) is 5.91 Å². The minimum atomic E-state index is -0.621. The molecule has 1 saturated heterocycles. The second-order valence-electron chi connectivity index (χ2n) is 6.48. The SMILES string of the molecule is CC1CCCC(C)N1NC(=O)C1(C(N)=S)CCCCC1. The van der Waals surface area contributed by atoms with Crippen LogP contribution in [0.5, 0.6) is 0 Å². The van der Waals surface area contributed by atoms with Gasteiger partial charge in [0, 0.05) is 12.1 Å². The quantitative estimate of drug-likeness (QED) is 0.786. The van der Waals surface area contributed by atoms with Crippen LogP contribution in [0.25, 0.3) is 0 Å². The second-order valence-corrected chi connectivity index (χ2v) is 6.92. The Morgan fingerprint density at radius 1 is 1.15 bits per heavy atom. The van der Waals surface area contributed by atoms with E-state index in [1.54, 1.807) is 0 Å². The zero-order chi connectivity index (χ0) is 14.8. The van der Waals surface area contributed by atoms with Crippen LogP contribution < -0.4 is 11.2 Å². The molecule has 0 bridgehead atoms. The number of hydrogen-bond acceptors (Lipinski definition) is 3. The van der Waals surface area contributed by atoms with E-state index in [2.05, 4.69) is 24.3 Å². The standard InChI is InChI=1S/C15H27N3OS/c1-11-7-6-8-12(2)18(11)17-14(19)15(13(16)20)9-4-3-5-10-15/h11-12H,3-10H2,1-2H3,(H2,16,20)(H,17,19). The molecule has 1 amide bonds. The van der Waals surface area contributed by atoms with Crippen LogP contribution in [0.3, 0.4) is 0 Å². The zero-order valence-corrected chi connectivity index (χ0v) is 13.5. The van der Waals surface area contributed by atoms with Crippen molar-refractivity contribution in [1.82, 2.24) is 10.4 Å². The minimum absolute atomic E-state index is 0.0188. The molecule has 2 rings (SSSR count). The maximum absolute atomic E-state index is 12.8. The number of hydrazine groups is 1. The zero-order valence-electron chi connectivity index (χ0n) is 12.7. The van der Waals surface area contributed by atoms with Crippen LogP contribution in [0.15, 0.2) is 0 Å². The normalized spacial score (nSPS) is 30.7. The number of nitrogens with one attached hydrogen (secondary N) is 1. The number of nitrogens with two attached hydrogens (primary N) is 1. The molecule has 1 saturated carbocycles. The fourth-order valence-electron chi connectivity index (χ4n) is 3.61. The first-order valence-electron chi connectivity index (χ1n) is 7.87. The number of thiocarbonyl (C=S) groups is 1. The van der Waals surface area contributed by atoms with Crippen LogP contribution >= 0.6 is 12.2 Å². The van der Waals surface area contributed by atoms with Crippen molar-refractivity contribution >= 4 is 23.1 Å². The van der Waals surface area contributed by atoms with Gasteiger partial charge in [-0.2, -0.15) is 0 Å². The molecule has 3 N–H and O–H groups in total. The molecular weight excluding hydrogens is 270 g/mol. The molecule has 1 heterocycles. The highest BCUT2D eigenvalue weighted by molar-refractivity contribution is 7.80. The van der Waals surface area contributed by atoms with Gasteiger partial charge in [0.25, 0.3) is 0 Å². The summed E-state index contributed by atoms with van der Waals surface area (Å²) in [6.07, 6.45) is 8.33. The summed E-state index contributed by atoms with van der Waals surface area (Å²) in [5.74, 6) is 0.0188. The molecule has 20 heavy (non-hydrogen) atoms. The molecule has 0 aromatic rings. The average molecular weight is 297 g/mol. The van der Waals surface area contributed by atoms with Crippen molar-refractivity contribution < 1.29 is 4.79 Å². The molecule has 2 fully saturated rings. The lowest BCUT2D eigenvalue weighted by Gasteiger charge is -2.42. The Bertz CT molecular complexity index is 369. The number of carbonyl (C=O) groups excluding carboxylic acids is 1. The van der Waals surface area contributed by atoms with Gasteiger partial charge in [0.2, 0.25) is 5.91 Å². The maximum atomic E-state index is 12.8. The Balaban J connectivity index is 2.10. The largest absolute Gasteiger partial charge is 0.392 e. The minimum Gasteiger partial charge on any atom is -0.392 e. The Kier molecular flexibility index (Phi) is 5.02. The van der Waals surface area contributed by atoms with Crippen LogP contribution in [0.2, 0.25) is 0 Å². The Labute approximate surface area is 127 Å². The Morgan fingerprint density at radius 2 is 1.70 bits per heavy atom. The highest BCUT2D eigenvalue weighted by Gasteiger charge is 2.43. The van der Waals surface area contributed by atoms with Crippen LogP contribution in [0, 0.1) is 5.41 Å². The first kappa shape index (κ1) is 15.7. The van der Waals surface area contributed by atoms with E-state index < -0.39 is 5.41 Å². The lowest BCUT2D eigenvalue weighted by Crippen LogP contribution is -2.60. The predicted molar refractivity (Wildman–Crippen MR) is 85.1 cm³/mol. The smallest absolute Gasteiger partial charge is 0.247 e. The van der Waals surface area contributed by atoms with Gasteiger partial charge in [-0.3, -0.25) is 10.2 Å². The molecule has 2 aliphatic rings. The molecule has 5 heteroatoms. The number of amides is 1. The molecule has 0 spiro atoms. The van der Waals surface area contributed by atoms with Gasteiger partial charge in [-0.15, -0.1) is 0 Å². The summed E-state index contributed by atoms with van der Waals surface area (Å²) in [6, 6.07) is 0.768. The van der Waals surface area contributed by atoms with Crippen LogP contribution in [-0.4, -0.2) is 28.0 Å². The van der Waals surface area contributed by atoms with E-state index >= 15 is 0 Å². The molecule has 0 aromatic carbocycles. The highest BCUT2D eigenvalue weighted by Crippen LogP contribution is 2.37. The molecule has 0 aromatic heterocycles. The molecule has 2 atom stereocenters. The summed E-state index contributed by atoms with van der Waals surface area (Å²) in [7, 11) is 0. The Hall–Kier alpha value is -0.680. The van der Waals surface area contributed by atoms with Crippen molar-refractivity contribution in [1.29, 1.82) is 0 Å². The number of rotatable bonds is 3. The molecule has 1 aliphatic carbocycles. The number of nitrogens with zero attached hydrogens (tertiary/aromatic N) is 1. The monoisotopic (exact) mass is 297 g/mol. The van der Waals surface area contributed by atoms with Crippen molar-refractivity contribution in [3.05, 3.63) is 0 Å². The van der Waals surface area contributed by atoms with E-state index in [9.17, 15) is 4.79 Å². The van der Waals surface area contributed by atoms with Crippen molar-refractivity contribution in [3.63, 3.8) is 0 Å². The fourth-order valence-corrected chi connectivity index (χ4v) is 3.90. The maximum Gasteiger partial charge on any atom is 0.247 e. The van der Waals surface area contributed by atoms with Crippen molar-refractivity contribution in [2.24, 2.45) is 11.1 Å². The summed E-state index contributed by atoms with van der Waals surface area (Å²) in [5, 5.41) is 2.11. The summed E-state index contributed by atoms with van der Waals surface area (Å²) in [5.41, 5.74) is 8.45. The molecule has 0 radical (unpaired) electrons. The lowest BCUT2D eigenvalue weighted by molar-refractivity contribution is -0.137. The van der Waals surface area contributed by atoms with Crippen LogP contribution in [-0.2, 0) is 4.79 Å². The number of hydrogen-bond donors (Lipinski definition) is 2. The molecule has 1 aliphatic heterocycles. The topological polar surface area (TPSA) is 58.4 Å². The van der Waals surface area contributed by atoms with Gasteiger partial charge in [-0.25, -0.2) is 5.01 Å². The first-order valence-corrected chi connectivity index (χ1v) is 8.27. The van der Waals surface area contributed by atoms with E-state index in [0.717, 1.165) is 38.5 Å². The summed E-state index contributed by atoms with van der Waals surface area (Å²) in [4.78, 5) is 13.2. The number of carbonyl (C=O) groups is 1. The second kappa shape index (κ2) is 6.39. The lowest BCUT2D eigenvalue weighted by atomic mass is 9.73.